The molecule has 4 aromatic rings. The molecule has 2 aromatic heterocycles. The first kappa shape index (κ1) is 25.5. The van der Waals surface area contributed by atoms with Gasteiger partial charge in [0.2, 0.25) is 0 Å². The number of carbonyl (C=O) groups excluding carboxylic acids is 2. The molecule has 2 aromatic carbocycles. The topological polar surface area (TPSA) is 87.1 Å². The number of rotatable bonds is 5. The summed E-state index contributed by atoms with van der Waals surface area (Å²) in [5.41, 5.74) is 3.56. The van der Waals surface area contributed by atoms with E-state index in [9.17, 15) is 9.59 Å². The molecule has 5 aliphatic carbocycles. The number of benzene rings is 2. The van der Waals surface area contributed by atoms with E-state index in [1.165, 1.54) is 37.7 Å². The predicted molar refractivity (Wildman–Crippen MR) is 160 cm³/mol. The highest BCUT2D eigenvalue weighted by Crippen LogP contribution is 2.61. The smallest absolute Gasteiger partial charge is 0.287 e. The molecule has 2 atom stereocenters. The van der Waals surface area contributed by atoms with E-state index in [0.717, 1.165) is 48.4 Å². The van der Waals surface area contributed by atoms with Crippen molar-refractivity contribution < 1.29 is 14.0 Å². The van der Waals surface area contributed by atoms with E-state index in [4.69, 9.17) is 16.0 Å². The van der Waals surface area contributed by atoms with Gasteiger partial charge in [0, 0.05) is 32.9 Å². The van der Waals surface area contributed by atoms with Crippen LogP contribution in [0.5, 0.6) is 0 Å². The molecule has 0 spiro atoms. The molecule has 6 nitrogen and oxygen atoms in total. The van der Waals surface area contributed by atoms with Crippen LogP contribution < -0.4 is 10.6 Å². The Morgan fingerprint density at radius 2 is 1.68 bits per heavy atom. The van der Waals surface area contributed by atoms with Crippen LogP contribution in [-0.2, 0) is 0 Å². The summed E-state index contributed by atoms with van der Waals surface area (Å²) < 4.78 is 5.89. The van der Waals surface area contributed by atoms with Crippen molar-refractivity contribution in [3.05, 3.63) is 70.6 Å². The number of amides is 2. The summed E-state index contributed by atoms with van der Waals surface area (Å²) in [4.78, 5) is 29.7. The van der Waals surface area contributed by atoms with Crippen molar-refractivity contribution in [3.8, 4) is 0 Å². The van der Waals surface area contributed by atoms with Crippen LogP contribution in [0.4, 0.5) is 0 Å². The van der Waals surface area contributed by atoms with Crippen molar-refractivity contribution in [2.45, 2.75) is 81.7 Å². The van der Waals surface area contributed by atoms with Crippen molar-refractivity contribution in [1.82, 2.24) is 15.6 Å². The van der Waals surface area contributed by atoms with E-state index in [1.807, 2.05) is 18.2 Å². The van der Waals surface area contributed by atoms with E-state index in [1.54, 1.807) is 12.1 Å². The highest BCUT2D eigenvalue weighted by atomic mass is 35.5. The molecule has 7 heteroatoms. The summed E-state index contributed by atoms with van der Waals surface area (Å²) in [7, 11) is 0. The van der Waals surface area contributed by atoms with Crippen LogP contribution >= 0.6 is 11.6 Å². The summed E-state index contributed by atoms with van der Waals surface area (Å²) >= 11 is 6.14. The first-order valence-corrected chi connectivity index (χ1v) is 15.7. The average molecular weight is 570 g/mol. The monoisotopic (exact) mass is 569 g/mol. The lowest BCUT2D eigenvalue weighted by atomic mass is 9.48. The van der Waals surface area contributed by atoms with E-state index in [-0.39, 0.29) is 17.4 Å². The SMILES string of the molecule is O=C(NC1CCCCC1)c1cc2cc(C3C4CC5CC3CC(NC(=O)c3cc6cc(Cl)ccc6o3)(C5)C4)ccc2[nH]1. The number of nitrogens with one attached hydrogen (secondary N) is 3. The molecule has 5 saturated carbocycles. The van der Waals surface area contributed by atoms with Crippen LogP contribution in [0.25, 0.3) is 21.9 Å². The second-order valence-electron chi connectivity index (χ2n) is 13.4. The van der Waals surface area contributed by atoms with Crippen molar-refractivity contribution >= 4 is 45.3 Å². The van der Waals surface area contributed by atoms with Crippen LogP contribution in [0.3, 0.4) is 0 Å². The van der Waals surface area contributed by atoms with Crippen molar-refractivity contribution in [3.63, 3.8) is 0 Å². The molecular formula is C34H36ClN3O3. The Labute approximate surface area is 244 Å². The Morgan fingerprint density at radius 3 is 2.49 bits per heavy atom. The minimum atomic E-state index is -0.163. The molecule has 0 saturated heterocycles. The zero-order chi connectivity index (χ0) is 27.7. The maximum Gasteiger partial charge on any atom is 0.287 e. The third-order valence-corrected chi connectivity index (χ3v) is 10.8. The van der Waals surface area contributed by atoms with Crippen LogP contribution in [0, 0.1) is 17.8 Å². The van der Waals surface area contributed by atoms with Crippen LogP contribution in [0.1, 0.15) is 96.7 Å². The fraction of sp³-hybridized carbons (Fsp3) is 0.471. The molecule has 2 heterocycles. The number of aromatic nitrogens is 1. The molecule has 9 rings (SSSR count). The molecule has 2 amide bonds. The fourth-order valence-corrected chi connectivity index (χ4v) is 9.32. The fourth-order valence-electron chi connectivity index (χ4n) is 9.14. The number of hydrogen-bond donors (Lipinski definition) is 3. The summed E-state index contributed by atoms with van der Waals surface area (Å²) in [6.45, 7) is 0. The summed E-state index contributed by atoms with van der Waals surface area (Å²) in [5.74, 6) is 2.48. The van der Waals surface area contributed by atoms with Gasteiger partial charge in [0.1, 0.15) is 11.3 Å². The quantitative estimate of drug-likeness (QED) is 0.230. The predicted octanol–water partition coefficient (Wildman–Crippen LogP) is 7.72. The molecular weight excluding hydrogens is 534 g/mol. The Hall–Kier alpha value is -3.25. The third-order valence-electron chi connectivity index (χ3n) is 10.6. The van der Waals surface area contributed by atoms with Crippen LogP contribution in [0.2, 0.25) is 5.02 Å². The number of furan rings is 1. The number of halogens is 1. The largest absolute Gasteiger partial charge is 0.451 e. The second kappa shape index (κ2) is 9.65. The van der Waals surface area contributed by atoms with E-state index in [2.05, 4.69) is 33.8 Å². The van der Waals surface area contributed by atoms with Gasteiger partial charge in [-0.15, -0.1) is 0 Å². The number of carbonyl (C=O) groups is 2. The van der Waals surface area contributed by atoms with Gasteiger partial charge in [0.15, 0.2) is 5.76 Å². The number of fused-ring (bicyclic) bond motifs is 2. The Balaban J connectivity index is 1.00. The summed E-state index contributed by atoms with van der Waals surface area (Å²) in [6, 6.07) is 16.3. The summed E-state index contributed by atoms with van der Waals surface area (Å²) in [5, 5.41) is 9.29. The Morgan fingerprint density at radius 1 is 0.878 bits per heavy atom. The molecule has 3 N–H and O–H groups in total. The molecule has 212 valence electrons. The number of hydrogen-bond acceptors (Lipinski definition) is 3. The number of H-pyrrole nitrogens is 1. The van der Waals surface area contributed by atoms with Gasteiger partial charge < -0.3 is 20.0 Å². The van der Waals surface area contributed by atoms with Gasteiger partial charge in [0.05, 0.1) is 0 Å². The molecule has 0 radical (unpaired) electrons. The molecule has 0 aliphatic heterocycles. The first-order valence-electron chi connectivity index (χ1n) is 15.4. The molecule has 2 unspecified atom stereocenters. The zero-order valence-corrected chi connectivity index (χ0v) is 23.9. The lowest BCUT2D eigenvalue weighted by molar-refractivity contribution is -0.0351. The maximum atomic E-state index is 13.4. The highest BCUT2D eigenvalue weighted by molar-refractivity contribution is 6.31. The lowest BCUT2D eigenvalue weighted by Gasteiger charge is -2.60. The standard InChI is InChI=1S/C34H36ClN3O3/c35-25-7-9-29-22(13-25)15-30(41-29)33(40)38-34-16-19-10-23(17-34)31(24(11-19)18-34)20-6-8-27-21(12-20)14-28(37-27)32(39)36-26-4-2-1-3-5-26/h6-9,12-15,19,23-24,26,31,37H,1-5,10-11,16-18H2,(H,36,39)(H,38,40). The van der Waals surface area contributed by atoms with E-state index in [0.29, 0.717) is 51.8 Å². The van der Waals surface area contributed by atoms with Crippen molar-refractivity contribution in [2.24, 2.45) is 17.8 Å². The molecule has 41 heavy (non-hydrogen) atoms. The zero-order valence-electron chi connectivity index (χ0n) is 23.2. The van der Waals surface area contributed by atoms with Gasteiger partial charge >= 0.3 is 0 Å². The van der Waals surface area contributed by atoms with Crippen molar-refractivity contribution in [2.75, 3.05) is 0 Å². The highest BCUT2D eigenvalue weighted by Gasteiger charge is 2.56. The minimum Gasteiger partial charge on any atom is -0.451 e. The Bertz CT molecular complexity index is 1650. The number of aromatic amines is 1. The van der Waals surface area contributed by atoms with Crippen LogP contribution in [0.15, 0.2) is 52.9 Å². The Kier molecular flexibility index (Phi) is 5.99. The van der Waals surface area contributed by atoms with Gasteiger partial charge in [0.25, 0.3) is 11.8 Å². The lowest BCUT2D eigenvalue weighted by Crippen LogP contribution is -2.61. The van der Waals surface area contributed by atoms with Gasteiger partial charge in [-0.3, -0.25) is 9.59 Å². The molecule has 5 fully saturated rings. The van der Waals surface area contributed by atoms with Gasteiger partial charge in [-0.05, 0) is 117 Å². The van der Waals surface area contributed by atoms with E-state index >= 15 is 0 Å². The second-order valence-corrected chi connectivity index (χ2v) is 13.8. The first-order chi connectivity index (χ1) is 19.9. The van der Waals surface area contributed by atoms with Crippen LogP contribution in [-0.4, -0.2) is 28.4 Å². The normalized spacial score (nSPS) is 29.3. The molecule has 4 bridgehead atoms. The van der Waals surface area contributed by atoms with Gasteiger partial charge in [-0.2, -0.15) is 0 Å². The molecule has 5 aliphatic rings. The average Bonchev–Trinajstić information content (AvgIpc) is 3.57. The minimum absolute atomic E-state index is 0.00880. The third kappa shape index (κ3) is 4.55. The maximum absolute atomic E-state index is 13.4. The van der Waals surface area contributed by atoms with E-state index < -0.39 is 0 Å². The van der Waals surface area contributed by atoms with Crippen molar-refractivity contribution in [1.29, 1.82) is 0 Å². The summed E-state index contributed by atoms with van der Waals surface area (Å²) in [6.07, 6.45) is 11.3. The van der Waals surface area contributed by atoms with Gasteiger partial charge in [-0.25, -0.2) is 0 Å². The van der Waals surface area contributed by atoms with Gasteiger partial charge in [-0.1, -0.05) is 36.9 Å².